The van der Waals surface area contributed by atoms with E-state index < -0.39 is 0 Å². The number of imide groups is 1. The van der Waals surface area contributed by atoms with E-state index in [9.17, 15) is 9.59 Å². The van der Waals surface area contributed by atoms with Crippen molar-refractivity contribution in [3.63, 3.8) is 0 Å². The lowest BCUT2D eigenvalue weighted by Gasteiger charge is -2.12. The Labute approximate surface area is 134 Å². The zero-order valence-electron chi connectivity index (χ0n) is 12.5. The molecule has 2 rings (SSSR count). The Morgan fingerprint density at radius 1 is 1.36 bits per heavy atom. The minimum atomic E-state index is -0.340. The highest BCUT2D eigenvalue weighted by Gasteiger charge is 2.34. The fourth-order valence-corrected chi connectivity index (χ4v) is 2.68. The Morgan fingerprint density at radius 2 is 2.05 bits per heavy atom. The van der Waals surface area contributed by atoms with Crippen LogP contribution in [0.4, 0.5) is 4.79 Å². The maximum atomic E-state index is 12.1. The standard InChI is InChI=1S/C17H17NO3S/c1-4-10-18-16(19)15(22-17(18)20)11-13-6-8-14(9-7-13)21-12(3)5-2/h1,6-9,11-12H,5,10H2,2-3H3/b15-11-/t12-/m1/s1. The number of carbonyl (C=O) groups excluding carboxylic acids is 2. The van der Waals surface area contributed by atoms with Gasteiger partial charge in [0, 0.05) is 0 Å². The summed E-state index contributed by atoms with van der Waals surface area (Å²) < 4.78 is 5.70. The number of nitrogens with zero attached hydrogens (tertiary/aromatic N) is 1. The van der Waals surface area contributed by atoms with Crippen LogP contribution in [-0.2, 0) is 4.79 Å². The van der Waals surface area contributed by atoms with E-state index in [0.717, 1.165) is 34.4 Å². The molecule has 114 valence electrons. The molecule has 1 aromatic rings. The number of terminal acetylenes is 1. The number of rotatable bonds is 5. The van der Waals surface area contributed by atoms with Crippen LogP contribution in [0.2, 0.25) is 0 Å². The topological polar surface area (TPSA) is 46.6 Å². The molecule has 1 aliphatic rings. The Bertz CT molecular complexity index is 643. The molecule has 0 radical (unpaired) electrons. The minimum Gasteiger partial charge on any atom is -0.491 e. The van der Waals surface area contributed by atoms with Crippen molar-refractivity contribution in [3.05, 3.63) is 34.7 Å². The van der Waals surface area contributed by atoms with Crippen molar-refractivity contribution in [2.45, 2.75) is 26.4 Å². The van der Waals surface area contributed by atoms with Gasteiger partial charge in [-0.1, -0.05) is 25.0 Å². The molecule has 0 saturated carbocycles. The number of hydrogen-bond acceptors (Lipinski definition) is 4. The quantitative estimate of drug-likeness (QED) is 0.616. The van der Waals surface area contributed by atoms with E-state index in [1.54, 1.807) is 6.08 Å². The predicted octanol–water partition coefficient (Wildman–Crippen LogP) is 3.53. The van der Waals surface area contributed by atoms with Crippen molar-refractivity contribution in [1.29, 1.82) is 0 Å². The molecule has 1 saturated heterocycles. The summed E-state index contributed by atoms with van der Waals surface area (Å²) in [4.78, 5) is 25.2. The number of ether oxygens (including phenoxy) is 1. The number of hydrogen-bond donors (Lipinski definition) is 0. The largest absolute Gasteiger partial charge is 0.491 e. The zero-order chi connectivity index (χ0) is 16.1. The molecule has 0 aromatic heterocycles. The molecule has 5 heteroatoms. The third-order valence-corrected chi connectivity index (χ3v) is 4.12. The van der Waals surface area contributed by atoms with E-state index in [2.05, 4.69) is 12.8 Å². The van der Waals surface area contributed by atoms with Gasteiger partial charge in [0.05, 0.1) is 17.6 Å². The van der Waals surface area contributed by atoms with Gasteiger partial charge in [-0.3, -0.25) is 14.5 Å². The molecule has 1 atom stereocenters. The number of carbonyl (C=O) groups is 2. The summed E-state index contributed by atoms with van der Waals surface area (Å²) in [6.45, 7) is 4.07. The lowest BCUT2D eigenvalue weighted by Crippen LogP contribution is -2.28. The predicted molar refractivity (Wildman–Crippen MR) is 88.3 cm³/mol. The average molecular weight is 315 g/mol. The van der Waals surface area contributed by atoms with Crippen molar-refractivity contribution in [1.82, 2.24) is 4.90 Å². The van der Waals surface area contributed by atoms with Gasteiger partial charge in [-0.05, 0) is 48.9 Å². The van der Waals surface area contributed by atoms with E-state index in [-0.39, 0.29) is 23.8 Å². The van der Waals surface area contributed by atoms with Crippen LogP contribution in [-0.4, -0.2) is 28.7 Å². The molecule has 1 aliphatic heterocycles. The fourth-order valence-electron chi connectivity index (χ4n) is 1.84. The van der Waals surface area contributed by atoms with Gasteiger partial charge in [-0.25, -0.2) is 0 Å². The van der Waals surface area contributed by atoms with Crippen LogP contribution >= 0.6 is 11.8 Å². The van der Waals surface area contributed by atoms with Crippen molar-refractivity contribution in [2.24, 2.45) is 0 Å². The summed E-state index contributed by atoms with van der Waals surface area (Å²) in [6, 6.07) is 7.41. The van der Waals surface area contributed by atoms with Crippen LogP contribution in [0.3, 0.4) is 0 Å². The van der Waals surface area contributed by atoms with Crippen LogP contribution in [0.15, 0.2) is 29.2 Å². The summed E-state index contributed by atoms with van der Waals surface area (Å²) >= 11 is 0.907. The summed E-state index contributed by atoms with van der Waals surface area (Å²) in [5, 5.41) is -0.328. The third kappa shape index (κ3) is 3.71. The fraction of sp³-hybridized carbons (Fsp3) is 0.294. The van der Waals surface area contributed by atoms with E-state index in [4.69, 9.17) is 11.2 Å². The molecule has 0 spiro atoms. The van der Waals surface area contributed by atoms with Crippen LogP contribution in [0.25, 0.3) is 6.08 Å². The second kappa shape index (κ2) is 7.19. The minimum absolute atomic E-state index is 0.00366. The van der Waals surface area contributed by atoms with Crippen molar-refractivity contribution >= 4 is 29.0 Å². The van der Waals surface area contributed by atoms with Crippen LogP contribution < -0.4 is 4.74 Å². The SMILES string of the molecule is C#CCN1C(=O)S/C(=C\c2ccc(O[C@H](C)CC)cc2)C1=O. The molecule has 1 heterocycles. The van der Waals surface area contributed by atoms with Crippen molar-refractivity contribution in [3.8, 4) is 18.1 Å². The Kier molecular flexibility index (Phi) is 5.29. The maximum absolute atomic E-state index is 12.1. The van der Waals surface area contributed by atoms with Gasteiger partial charge in [0.25, 0.3) is 11.1 Å². The lowest BCUT2D eigenvalue weighted by molar-refractivity contribution is -0.122. The van der Waals surface area contributed by atoms with E-state index >= 15 is 0 Å². The molecular formula is C17H17NO3S. The first-order chi connectivity index (χ1) is 10.5. The maximum Gasteiger partial charge on any atom is 0.294 e. The van der Waals surface area contributed by atoms with Gasteiger partial charge in [-0.15, -0.1) is 6.42 Å². The molecule has 1 aromatic carbocycles. The zero-order valence-corrected chi connectivity index (χ0v) is 13.4. The van der Waals surface area contributed by atoms with Gasteiger partial charge < -0.3 is 4.74 Å². The number of thioether (sulfide) groups is 1. The summed E-state index contributed by atoms with van der Waals surface area (Å²) in [7, 11) is 0. The van der Waals surface area contributed by atoms with Gasteiger partial charge >= 0.3 is 0 Å². The molecule has 22 heavy (non-hydrogen) atoms. The molecular weight excluding hydrogens is 298 g/mol. The molecule has 2 amide bonds. The monoisotopic (exact) mass is 315 g/mol. The Balaban J connectivity index is 2.12. The second-order valence-corrected chi connectivity index (χ2v) is 5.87. The van der Waals surface area contributed by atoms with E-state index in [0.29, 0.717) is 4.91 Å². The third-order valence-electron chi connectivity index (χ3n) is 3.21. The van der Waals surface area contributed by atoms with Crippen molar-refractivity contribution in [2.75, 3.05) is 6.54 Å². The number of amides is 2. The van der Waals surface area contributed by atoms with E-state index in [1.165, 1.54) is 0 Å². The van der Waals surface area contributed by atoms with Gasteiger partial charge in [0.1, 0.15) is 5.75 Å². The first kappa shape index (κ1) is 16.2. The van der Waals surface area contributed by atoms with Crippen LogP contribution in [0.1, 0.15) is 25.8 Å². The van der Waals surface area contributed by atoms with Crippen LogP contribution in [0, 0.1) is 12.3 Å². The Morgan fingerprint density at radius 3 is 2.64 bits per heavy atom. The van der Waals surface area contributed by atoms with Gasteiger partial charge in [0.2, 0.25) is 0 Å². The van der Waals surface area contributed by atoms with Gasteiger partial charge in [-0.2, -0.15) is 0 Å². The first-order valence-corrected chi connectivity index (χ1v) is 7.82. The van der Waals surface area contributed by atoms with Gasteiger partial charge in [0.15, 0.2) is 0 Å². The van der Waals surface area contributed by atoms with Crippen LogP contribution in [0.5, 0.6) is 5.75 Å². The summed E-state index contributed by atoms with van der Waals surface area (Å²) in [5.41, 5.74) is 0.836. The van der Waals surface area contributed by atoms with E-state index in [1.807, 2.05) is 31.2 Å². The second-order valence-electron chi connectivity index (χ2n) is 4.88. The Hall–Kier alpha value is -2.19. The first-order valence-electron chi connectivity index (χ1n) is 7.00. The highest BCUT2D eigenvalue weighted by Crippen LogP contribution is 2.32. The highest BCUT2D eigenvalue weighted by atomic mass is 32.2. The molecule has 0 N–H and O–H groups in total. The molecule has 1 fully saturated rings. The summed E-state index contributed by atoms with van der Waals surface area (Å²) in [6.07, 6.45) is 7.94. The summed E-state index contributed by atoms with van der Waals surface area (Å²) in [5.74, 6) is 2.76. The van der Waals surface area contributed by atoms with Crippen molar-refractivity contribution < 1.29 is 14.3 Å². The number of benzene rings is 1. The smallest absolute Gasteiger partial charge is 0.294 e. The molecule has 0 unspecified atom stereocenters. The average Bonchev–Trinajstić information content (AvgIpc) is 2.77. The lowest BCUT2D eigenvalue weighted by atomic mass is 10.2. The molecule has 0 aliphatic carbocycles. The molecule has 0 bridgehead atoms. The molecule has 4 nitrogen and oxygen atoms in total. The normalized spacial score (nSPS) is 17.7. The highest BCUT2D eigenvalue weighted by molar-refractivity contribution is 8.18.